The van der Waals surface area contributed by atoms with Crippen molar-refractivity contribution in [1.82, 2.24) is 0 Å². The molecule has 0 aliphatic carbocycles. The summed E-state index contributed by atoms with van der Waals surface area (Å²) in [5, 5.41) is 11.0. The van der Waals surface area contributed by atoms with Crippen LogP contribution in [-0.4, -0.2) is 23.8 Å². The predicted octanol–water partition coefficient (Wildman–Crippen LogP) is 4.50. The average Bonchev–Trinajstić information content (AvgIpc) is 2.53. The molecule has 2 rings (SSSR count). The van der Waals surface area contributed by atoms with Crippen molar-refractivity contribution in [2.75, 3.05) is 16.8 Å². The Kier molecular flexibility index (Phi) is 5.78. The Morgan fingerprint density at radius 3 is 2.50 bits per heavy atom. The highest BCUT2D eigenvalue weighted by molar-refractivity contribution is 5.89. The van der Waals surface area contributed by atoms with Crippen LogP contribution in [0.15, 0.2) is 48.5 Å². The third-order valence-corrected chi connectivity index (χ3v) is 3.30. The summed E-state index contributed by atoms with van der Waals surface area (Å²) in [7, 11) is 0. The minimum Gasteiger partial charge on any atom is -0.465 e. The molecule has 2 aromatic carbocycles. The molecule has 0 bridgehead atoms. The van der Waals surface area contributed by atoms with E-state index in [1.54, 1.807) is 23.1 Å². The van der Waals surface area contributed by atoms with E-state index >= 15 is 0 Å². The van der Waals surface area contributed by atoms with Crippen molar-refractivity contribution in [3.05, 3.63) is 54.1 Å². The van der Waals surface area contributed by atoms with Crippen molar-refractivity contribution in [3.8, 4) is 5.75 Å². The van der Waals surface area contributed by atoms with Gasteiger partial charge in [0.1, 0.15) is 5.75 Å². The normalized spacial score (nSPS) is 10.1. The maximum absolute atomic E-state index is 12.5. The summed E-state index contributed by atoms with van der Waals surface area (Å²) in [5.41, 5.74) is 2.20. The first-order valence-corrected chi connectivity index (χ1v) is 7.65. The summed E-state index contributed by atoms with van der Waals surface area (Å²) >= 11 is 0. The minimum absolute atomic E-state index is 0.277. The van der Waals surface area contributed by atoms with Crippen LogP contribution in [0.3, 0.4) is 0 Å². The van der Waals surface area contributed by atoms with Crippen molar-refractivity contribution >= 4 is 23.6 Å². The summed E-state index contributed by atoms with van der Waals surface area (Å²) in [5.74, 6) is 0.277. The quantitative estimate of drug-likeness (QED) is 0.847. The fourth-order valence-electron chi connectivity index (χ4n) is 2.19. The molecule has 0 aromatic heterocycles. The van der Waals surface area contributed by atoms with E-state index in [0.29, 0.717) is 12.2 Å². The van der Waals surface area contributed by atoms with Gasteiger partial charge in [-0.05, 0) is 37.6 Å². The first-order chi connectivity index (χ1) is 11.5. The zero-order valence-electron chi connectivity index (χ0n) is 13.7. The fourth-order valence-corrected chi connectivity index (χ4v) is 2.19. The van der Waals surface area contributed by atoms with E-state index in [1.807, 2.05) is 38.1 Å². The highest BCUT2D eigenvalue weighted by Gasteiger charge is 2.17. The van der Waals surface area contributed by atoms with Gasteiger partial charge in [-0.25, -0.2) is 9.59 Å². The van der Waals surface area contributed by atoms with E-state index in [1.165, 1.54) is 6.07 Å². The van der Waals surface area contributed by atoms with Gasteiger partial charge in [-0.15, -0.1) is 0 Å². The highest BCUT2D eigenvalue weighted by Crippen LogP contribution is 2.21. The number of amides is 2. The number of carbonyl (C=O) groups excluding carboxylic acids is 1. The fraction of sp³-hybridized carbons (Fsp3) is 0.222. The van der Waals surface area contributed by atoms with E-state index in [0.717, 1.165) is 17.7 Å². The molecule has 6 nitrogen and oxygen atoms in total. The SMILES string of the molecule is CCCN(C(=O)Oc1cccc(NC(=O)O)c1)c1ccc(C)cc1. The number of carbonyl (C=O) groups is 2. The number of hydrogen-bond acceptors (Lipinski definition) is 3. The van der Waals surface area contributed by atoms with Crippen molar-refractivity contribution in [3.63, 3.8) is 0 Å². The number of rotatable bonds is 5. The van der Waals surface area contributed by atoms with Gasteiger partial charge in [0.15, 0.2) is 0 Å². The Bertz CT molecular complexity index is 713. The number of ether oxygens (including phenoxy) is 1. The van der Waals surface area contributed by atoms with Gasteiger partial charge in [0.05, 0.1) is 0 Å². The Morgan fingerprint density at radius 1 is 1.17 bits per heavy atom. The van der Waals surface area contributed by atoms with Crippen LogP contribution in [0.4, 0.5) is 21.0 Å². The van der Waals surface area contributed by atoms with E-state index < -0.39 is 12.2 Å². The molecule has 2 amide bonds. The van der Waals surface area contributed by atoms with Crippen molar-refractivity contribution < 1.29 is 19.4 Å². The van der Waals surface area contributed by atoms with Crippen molar-refractivity contribution in [1.29, 1.82) is 0 Å². The van der Waals surface area contributed by atoms with Gasteiger partial charge >= 0.3 is 12.2 Å². The summed E-state index contributed by atoms with van der Waals surface area (Å²) in [6.07, 6.45) is -0.900. The molecule has 0 aliphatic heterocycles. The molecule has 2 N–H and O–H groups in total. The van der Waals surface area contributed by atoms with Gasteiger partial charge in [0.2, 0.25) is 0 Å². The first-order valence-electron chi connectivity index (χ1n) is 7.65. The zero-order chi connectivity index (χ0) is 17.5. The molecule has 0 unspecified atom stereocenters. The van der Waals surface area contributed by atoms with Gasteiger partial charge in [-0.3, -0.25) is 10.2 Å². The van der Waals surface area contributed by atoms with Crippen LogP contribution in [0, 0.1) is 6.92 Å². The summed E-state index contributed by atoms with van der Waals surface area (Å²) in [4.78, 5) is 24.7. The zero-order valence-corrected chi connectivity index (χ0v) is 13.7. The van der Waals surface area contributed by atoms with E-state index in [-0.39, 0.29) is 5.75 Å². The molecular formula is C18H20N2O4. The number of hydrogen-bond donors (Lipinski definition) is 2. The second-order valence-corrected chi connectivity index (χ2v) is 5.31. The van der Waals surface area contributed by atoms with Crippen LogP contribution in [0.5, 0.6) is 5.75 Å². The van der Waals surface area contributed by atoms with Crippen LogP contribution in [0.25, 0.3) is 0 Å². The summed E-state index contributed by atoms with van der Waals surface area (Å²) < 4.78 is 5.39. The van der Waals surface area contributed by atoms with Gasteiger partial charge in [-0.1, -0.05) is 30.7 Å². The molecule has 0 radical (unpaired) electrons. The molecule has 0 saturated heterocycles. The van der Waals surface area contributed by atoms with Gasteiger partial charge in [-0.2, -0.15) is 0 Å². The van der Waals surface area contributed by atoms with E-state index in [2.05, 4.69) is 5.32 Å². The Morgan fingerprint density at radius 2 is 1.88 bits per heavy atom. The lowest BCUT2D eigenvalue weighted by molar-refractivity contribution is 0.207. The molecule has 0 saturated carbocycles. The molecule has 0 fully saturated rings. The number of nitrogens with one attached hydrogen (secondary N) is 1. The van der Waals surface area contributed by atoms with Crippen molar-refractivity contribution in [2.24, 2.45) is 0 Å². The molecule has 126 valence electrons. The maximum Gasteiger partial charge on any atom is 0.419 e. The lowest BCUT2D eigenvalue weighted by Gasteiger charge is -2.21. The average molecular weight is 328 g/mol. The maximum atomic E-state index is 12.5. The summed E-state index contributed by atoms with van der Waals surface area (Å²) in [6, 6.07) is 13.9. The molecule has 0 spiro atoms. The van der Waals surface area contributed by atoms with E-state index in [9.17, 15) is 9.59 Å². The standard InChI is InChI=1S/C18H20N2O4/c1-3-11-20(15-9-7-13(2)8-10-15)18(23)24-16-6-4-5-14(12-16)19-17(21)22/h4-10,12,19H,3,11H2,1-2H3,(H,21,22). The number of benzene rings is 2. The van der Waals surface area contributed by atoms with Crippen LogP contribution >= 0.6 is 0 Å². The molecule has 0 aliphatic rings. The number of anilines is 2. The van der Waals surface area contributed by atoms with Crippen LogP contribution in [-0.2, 0) is 0 Å². The molecule has 0 atom stereocenters. The highest BCUT2D eigenvalue weighted by atomic mass is 16.6. The van der Waals surface area contributed by atoms with Crippen molar-refractivity contribution in [2.45, 2.75) is 20.3 Å². The minimum atomic E-state index is -1.18. The lowest BCUT2D eigenvalue weighted by atomic mass is 10.2. The second kappa shape index (κ2) is 8.01. The van der Waals surface area contributed by atoms with Gasteiger partial charge in [0.25, 0.3) is 0 Å². The summed E-state index contributed by atoms with van der Waals surface area (Å²) in [6.45, 7) is 4.48. The first kappa shape index (κ1) is 17.3. The third-order valence-electron chi connectivity index (χ3n) is 3.30. The molecule has 0 heterocycles. The Labute approximate surface area is 140 Å². The monoisotopic (exact) mass is 328 g/mol. The van der Waals surface area contributed by atoms with Gasteiger partial charge < -0.3 is 9.84 Å². The lowest BCUT2D eigenvalue weighted by Crippen LogP contribution is -2.34. The van der Waals surface area contributed by atoms with Crippen LogP contribution < -0.4 is 15.0 Å². The number of carboxylic acid groups (broad SMARTS) is 1. The topological polar surface area (TPSA) is 78.9 Å². The van der Waals surface area contributed by atoms with Gasteiger partial charge in [0, 0.05) is 24.0 Å². The molecule has 2 aromatic rings. The largest absolute Gasteiger partial charge is 0.465 e. The smallest absolute Gasteiger partial charge is 0.419 e. The Hall–Kier alpha value is -3.02. The number of nitrogens with zero attached hydrogens (tertiary/aromatic N) is 1. The second-order valence-electron chi connectivity index (χ2n) is 5.31. The predicted molar refractivity (Wildman–Crippen MR) is 92.9 cm³/mol. The van der Waals surface area contributed by atoms with Crippen LogP contribution in [0.2, 0.25) is 0 Å². The molecule has 6 heteroatoms. The van der Waals surface area contributed by atoms with E-state index in [4.69, 9.17) is 9.84 Å². The molecular weight excluding hydrogens is 308 g/mol. The Balaban J connectivity index is 2.15. The number of aryl methyl sites for hydroxylation is 1. The third kappa shape index (κ3) is 4.74. The molecule has 24 heavy (non-hydrogen) atoms. The van der Waals surface area contributed by atoms with Crippen LogP contribution in [0.1, 0.15) is 18.9 Å².